The van der Waals surface area contributed by atoms with Crippen molar-refractivity contribution in [2.75, 3.05) is 5.73 Å². The van der Waals surface area contributed by atoms with Gasteiger partial charge < -0.3 is 10.5 Å². The molecule has 2 rings (SSSR count). The average molecular weight is 228 g/mol. The molecule has 0 bridgehead atoms. The lowest BCUT2D eigenvalue weighted by Gasteiger charge is -2.03. The number of benzene rings is 1. The second-order valence-corrected chi connectivity index (χ2v) is 3.92. The molecule has 0 amide bonds. The molecule has 1 unspecified atom stereocenters. The monoisotopic (exact) mass is 227 g/mol. The van der Waals surface area contributed by atoms with Crippen LogP contribution in [0.3, 0.4) is 0 Å². The van der Waals surface area contributed by atoms with Crippen LogP contribution >= 0.6 is 15.9 Å². The van der Waals surface area contributed by atoms with Crippen molar-refractivity contribution in [1.82, 2.24) is 0 Å². The maximum atomic E-state index is 5.87. The van der Waals surface area contributed by atoms with Gasteiger partial charge in [-0.1, -0.05) is 0 Å². The Morgan fingerprint density at radius 3 is 3.08 bits per heavy atom. The zero-order valence-electron chi connectivity index (χ0n) is 6.80. The van der Waals surface area contributed by atoms with E-state index in [1.165, 1.54) is 0 Å². The van der Waals surface area contributed by atoms with Gasteiger partial charge in [0.05, 0.1) is 5.69 Å². The number of hydrogen-bond donors (Lipinski definition) is 1. The molecule has 0 radical (unpaired) electrons. The first-order chi connectivity index (χ1) is 5.68. The highest BCUT2D eigenvalue weighted by Gasteiger charge is 2.21. The summed E-state index contributed by atoms with van der Waals surface area (Å²) in [6.07, 6.45) is 1.18. The summed E-state index contributed by atoms with van der Waals surface area (Å²) in [6, 6.07) is 3.88. The molecule has 1 aliphatic heterocycles. The molecule has 1 heterocycles. The number of fused-ring (bicyclic) bond motifs is 1. The lowest BCUT2D eigenvalue weighted by molar-refractivity contribution is 0.254. The number of anilines is 1. The molecule has 0 saturated heterocycles. The van der Waals surface area contributed by atoms with E-state index in [0.717, 1.165) is 27.9 Å². The van der Waals surface area contributed by atoms with Gasteiger partial charge in [0.25, 0.3) is 0 Å². The van der Waals surface area contributed by atoms with E-state index in [4.69, 9.17) is 10.5 Å². The fourth-order valence-electron chi connectivity index (χ4n) is 1.48. The molecule has 64 valence electrons. The second-order valence-electron chi connectivity index (χ2n) is 3.07. The van der Waals surface area contributed by atoms with Crippen LogP contribution in [0.4, 0.5) is 5.69 Å². The summed E-state index contributed by atoms with van der Waals surface area (Å²) < 4.78 is 6.50. The van der Waals surface area contributed by atoms with Crippen LogP contribution in [0.5, 0.6) is 5.75 Å². The second kappa shape index (κ2) is 2.66. The Balaban J connectivity index is 2.54. The molecule has 0 aromatic heterocycles. The highest BCUT2D eigenvalue weighted by atomic mass is 79.9. The Kier molecular flexibility index (Phi) is 1.76. The summed E-state index contributed by atoms with van der Waals surface area (Å²) in [4.78, 5) is 0. The van der Waals surface area contributed by atoms with E-state index in [1.807, 2.05) is 19.1 Å². The molecule has 12 heavy (non-hydrogen) atoms. The molecule has 3 heteroatoms. The van der Waals surface area contributed by atoms with Gasteiger partial charge in [-0.15, -0.1) is 0 Å². The summed E-state index contributed by atoms with van der Waals surface area (Å²) in [5, 5.41) is 0. The molecular formula is C9H10BrNO. The van der Waals surface area contributed by atoms with Crippen molar-refractivity contribution in [2.45, 2.75) is 19.4 Å². The van der Waals surface area contributed by atoms with Gasteiger partial charge in [-0.05, 0) is 35.0 Å². The van der Waals surface area contributed by atoms with Crippen LogP contribution in [0.1, 0.15) is 12.5 Å². The lowest BCUT2D eigenvalue weighted by atomic mass is 10.1. The predicted octanol–water partition coefficient (Wildman–Crippen LogP) is 2.35. The van der Waals surface area contributed by atoms with Crippen molar-refractivity contribution in [3.8, 4) is 5.75 Å². The molecule has 0 saturated carbocycles. The van der Waals surface area contributed by atoms with Crippen molar-refractivity contribution in [3.63, 3.8) is 0 Å². The highest BCUT2D eigenvalue weighted by molar-refractivity contribution is 9.10. The topological polar surface area (TPSA) is 35.2 Å². The van der Waals surface area contributed by atoms with E-state index in [0.29, 0.717) is 0 Å². The van der Waals surface area contributed by atoms with Crippen molar-refractivity contribution >= 4 is 21.6 Å². The Labute approximate surface area is 79.8 Å². The van der Waals surface area contributed by atoms with Gasteiger partial charge >= 0.3 is 0 Å². The van der Waals surface area contributed by atoms with Crippen LogP contribution in [0.25, 0.3) is 0 Å². The minimum atomic E-state index is 0.261. The van der Waals surface area contributed by atoms with Gasteiger partial charge in [0.1, 0.15) is 11.9 Å². The highest BCUT2D eigenvalue weighted by Crippen LogP contribution is 2.36. The molecule has 0 spiro atoms. The number of hydrogen-bond acceptors (Lipinski definition) is 2. The van der Waals surface area contributed by atoms with Crippen LogP contribution < -0.4 is 10.5 Å². The van der Waals surface area contributed by atoms with E-state index in [-0.39, 0.29) is 6.10 Å². The first-order valence-electron chi connectivity index (χ1n) is 3.92. The Morgan fingerprint density at radius 2 is 2.33 bits per heavy atom. The summed E-state index contributed by atoms with van der Waals surface area (Å²) >= 11 is 3.39. The van der Waals surface area contributed by atoms with Gasteiger partial charge in [-0.3, -0.25) is 0 Å². The first kappa shape index (κ1) is 7.92. The molecule has 1 aromatic carbocycles. The predicted molar refractivity (Wildman–Crippen MR) is 52.3 cm³/mol. The van der Waals surface area contributed by atoms with Crippen LogP contribution in [0, 0.1) is 0 Å². The maximum Gasteiger partial charge on any atom is 0.125 e. The number of rotatable bonds is 0. The SMILES string of the molecule is CC1Cc2c(ccc(Br)c2N)O1. The fourth-order valence-corrected chi connectivity index (χ4v) is 1.85. The summed E-state index contributed by atoms with van der Waals surface area (Å²) in [7, 11) is 0. The molecule has 1 aliphatic rings. The van der Waals surface area contributed by atoms with Gasteiger partial charge in [-0.25, -0.2) is 0 Å². The number of halogens is 1. The van der Waals surface area contributed by atoms with Gasteiger partial charge in [0.2, 0.25) is 0 Å². The smallest absolute Gasteiger partial charge is 0.125 e. The van der Waals surface area contributed by atoms with Crippen molar-refractivity contribution in [1.29, 1.82) is 0 Å². The normalized spacial score (nSPS) is 20.3. The number of ether oxygens (including phenoxy) is 1. The van der Waals surface area contributed by atoms with Gasteiger partial charge in [0.15, 0.2) is 0 Å². The molecule has 1 atom stereocenters. The molecule has 0 fully saturated rings. The Morgan fingerprint density at radius 1 is 1.58 bits per heavy atom. The van der Waals surface area contributed by atoms with E-state index >= 15 is 0 Å². The average Bonchev–Trinajstić information content (AvgIpc) is 2.39. The van der Waals surface area contributed by atoms with Crippen LogP contribution in [0.2, 0.25) is 0 Å². The summed E-state index contributed by atoms with van der Waals surface area (Å²) in [5.74, 6) is 0.934. The lowest BCUT2D eigenvalue weighted by Crippen LogP contribution is -2.05. The Hall–Kier alpha value is -0.700. The van der Waals surface area contributed by atoms with Gasteiger partial charge in [-0.2, -0.15) is 0 Å². The molecule has 2 N–H and O–H groups in total. The third-order valence-corrected chi connectivity index (χ3v) is 2.77. The molecular weight excluding hydrogens is 218 g/mol. The quantitative estimate of drug-likeness (QED) is 0.691. The van der Waals surface area contributed by atoms with Crippen molar-refractivity contribution in [3.05, 3.63) is 22.2 Å². The van der Waals surface area contributed by atoms with E-state index in [1.54, 1.807) is 0 Å². The summed E-state index contributed by atoms with van der Waals surface area (Å²) in [5.41, 5.74) is 7.82. The van der Waals surface area contributed by atoms with Crippen LogP contribution in [0.15, 0.2) is 16.6 Å². The minimum Gasteiger partial charge on any atom is -0.490 e. The van der Waals surface area contributed by atoms with E-state index in [9.17, 15) is 0 Å². The van der Waals surface area contributed by atoms with Gasteiger partial charge in [0, 0.05) is 16.5 Å². The fraction of sp³-hybridized carbons (Fsp3) is 0.333. The van der Waals surface area contributed by atoms with E-state index < -0.39 is 0 Å². The maximum absolute atomic E-state index is 5.87. The van der Waals surface area contributed by atoms with Crippen molar-refractivity contribution in [2.24, 2.45) is 0 Å². The molecule has 0 aliphatic carbocycles. The van der Waals surface area contributed by atoms with Crippen LogP contribution in [-0.2, 0) is 6.42 Å². The minimum absolute atomic E-state index is 0.261. The zero-order chi connectivity index (χ0) is 8.72. The zero-order valence-corrected chi connectivity index (χ0v) is 8.39. The summed E-state index contributed by atoms with van der Waals surface area (Å²) in [6.45, 7) is 2.05. The third-order valence-electron chi connectivity index (χ3n) is 2.08. The molecule has 2 nitrogen and oxygen atoms in total. The number of nitrogens with two attached hydrogens (primary N) is 1. The van der Waals surface area contributed by atoms with Crippen LogP contribution in [-0.4, -0.2) is 6.10 Å². The molecule has 1 aromatic rings. The van der Waals surface area contributed by atoms with E-state index in [2.05, 4.69) is 15.9 Å². The third kappa shape index (κ3) is 1.08. The first-order valence-corrected chi connectivity index (χ1v) is 4.71. The standard InChI is InChI=1S/C9H10BrNO/c1-5-4-6-8(12-5)3-2-7(10)9(6)11/h2-3,5H,4,11H2,1H3. The Bertz CT molecular complexity index is 325. The largest absolute Gasteiger partial charge is 0.490 e. The number of nitrogen functional groups attached to an aromatic ring is 1. The van der Waals surface area contributed by atoms with Crippen molar-refractivity contribution < 1.29 is 4.74 Å².